The number of phosphoric acid groups is 2. The van der Waals surface area contributed by atoms with E-state index in [9.17, 15) is 43.2 Å². The van der Waals surface area contributed by atoms with Gasteiger partial charge < -0.3 is 33.8 Å². The zero-order chi connectivity index (χ0) is 74.2. The number of carbonyl (C=O) groups is 4. The first kappa shape index (κ1) is 99.1. The van der Waals surface area contributed by atoms with Crippen LogP contribution in [0.2, 0.25) is 0 Å². The molecular weight excluding hydrogens is 1320 g/mol. The molecule has 0 aromatic carbocycles. The molecule has 3 N–H and O–H groups in total. The van der Waals surface area contributed by atoms with Gasteiger partial charge in [0.1, 0.15) is 19.3 Å². The molecule has 6 atom stereocenters. The second-order valence-corrected chi connectivity index (χ2v) is 33.1. The van der Waals surface area contributed by atoms with E-state index in [0.29, 0.717) is 25.7 Å². The van der Waals surface area contributed by atoms with Gasteiger partial charge in [0.25, 0.3) is 0 Å². The van der Waals surface area contributed by atoms with Crippen LogP contribution in [0.5, 0.6) is 0 Å². The zero-order valence-electron chi connectivity index (χ0n) is 66.2. The maximum absolute atomic E-state index is 13.1. The fourth-order valence-corrected chi connectivity index (χ4v) is 14.3. The molecule has 0 bridgehead atoms. The topological polar surface area (TPSA) is 237 Å². The third-order valence-corrected chi connectivity index (χ3v) is 21.5. The highest BCUT2D eigenvalue weighted by atomic mass is 31.2. The van der Waals surface area contributed by atoms with Gasteiger partial charge in [0.2, 0.25) is 0 Å². The van der Waals surface area contributed by atoms with Crippen LogP contribution in [0.1, 0.15) is 433 Å². The lowest BCUT2D eigenvalue weighted by molar-refractivity contribution is -0.161. The maximum atomic E-state index is 13.1. The molecule has 0 amide bonds. The highest BCUT2D eigenvalue weighted by Gasteiger charge is 2.30. The van der Waals surface area contributed by atoms with Crippen molar-refractivity contribution in [3.63, 3.8) is 0 Å². The molecule has 600 valence electrons. The summed E-state index contributed by atoms with van der Waals surface area (Å²) in [6.07, 6.45) is 63.8. The van der Waals surface area contributed by atoms with Crippen molar-refractivity contribution in [2.45, 2.75) is 452 Å². The average Bonchev–Trinajstić information content (AvgIpc) is 1.53. The van der Waals surface area contributed by atoms with E-state index in [2.05, 4.69) is 41.5 Å². The lowest BCUT2D eigenvalue weighted by Gasteiger charge is -2.21. The molecule has 3 unspecified atom stereocenters. The van der Waals surface area contributed by atoms with Crippen LogP contribution in [0.25, 0.3) is 0 Å². The minimum Gasteiger partial charge on any atom is -0.462 e. The number of phosphoric ester groups is 2. The standard InChI is InChI=1S/C82H160O17P2/c1-7-10-12-14-16-18-20-21-22-25-29-32-36-40-47-53-59-65-80(85)93-70-77(98-81(86)66-60-54-48-41-37-33-30-27-24-23-26-28-31-35-38-44-50-56-62-74(4)5)72-96-100(88,89)94-68-76(83)69-95-101(90,91)97-73-78(71-92-79(84)64-58-52-46-39-34-19-17-15-13-11-8-2)99-82(87)67-61-55-49-43-42-45-51-57-63-75(6)9-3/h74-78,83H,7-73H2,1-6H3,(H,88,89)(H,90,91)/t75?,76-,77-,78-/m1/s1. The van der Waals surface area contributed by atoms with Gasteiger partial charge in [-0.05, 0) is 37.5 Å². The van der Waals surface area contributed by atoms with Crippen LogP contribution >= 0.6 is 15.6 Å². The van der Waals surface area contributed by atoms with Gasteiger partial charge in [-0.1, -0.05) is 382 Å². The molecule has 17 nitrogen and oxygen atoms in total. The van der Waals surface area contributed by atoms with Crippen molar-refractivity contribution in [2.24, 2.45) is 11.8 Å². The van der Waals surface area contributed by atoms with Crippen LogP contribution in [0.4, 0.5) is 0 Å². The fourth-order valence-electron chi connectivity index (χ4n) is 12.7. The van der Waals surface area contributed by atoms with E-state index in [-0.39, 0.29) is 25.7 Å². The Balaban J connectivity index is 5.23. The van der Waals surface area contributed by atoms with E-state index < -0.39 is 97.5 Å². The number of aliphatic hydroxyl groups excluding tert-OH is 1. The van der Waals surface area contributed by atoms with E-state index in [1.54, 1.807) is 0 Å². The number of esters is 4. The normalized spacial score (nSPS) is 14.2. The Morgan fingerprint density at radius 2 is 0.505 bits per heavy atom. The van der Waals surface area contributed by atoms with E-state index in [0.717, 1.165) is 102 Å². The minimum atomic E-state index is -4.96. The minimum absolute atomic E-state index is 0.106. The summed E-state index contributed by atoms with van der Waals surface area (Å²) < 4.78 is 68.7. The van der Waals surface area contributed by atoms with Crippen molar-refractivity contribution in [3.05, 3.63) is 0 Å². The molecule has 0 aliphatic rings. The molecule has 0 aliphatic carbocycles. The average molecular weight is 1480 g/mol. The number of hydrogen-bond acceptors (Lipinski definition) is 15. The summed E-state index contributed by atoms with van der Waals surface area (Å²) in [4.78, 5) is 73.0. The molecule has 0 rings (SSSR count). The van der Waals surface area contributed by atoms with Crippen molar-refractivity contribution in [2.75, 3.05) is 39.6 Å². The zero-order valence-corrected chi connectivity index (χ0v) is 68.0. The molecule has 101 heavy (non-hydrogen) atoms. The predicted molar refractivity (Wildman–Crippen MR) is 414 cm³/mol. The first-order valence-corrected chi connectivity index (χ1v) is 45.5. The maximum Gasteiger partial charge on any atom is 0.472 e. The Morgan fingerprint density at radius 1 is 0.287 bits per heavy atom. The third kappa shape index (κ3) is 74.7. The van der Waals surface area contributed by atoms with Crippen molar-refractivity contribution in [3.8, 4) is 0 Å². The molecule has 0 spiro atoms. The van der Waals surface area contributed by atoms with E-state index in [1.165, 1.54) is 250 Å². The van der Waals surface area contributed by atoms with E-state index in [4.69, 9.17) is 37.0 Å². The summed E-state index contributed by atoms with van der Waals surface area (Å²) in [5, 5.41) is 10.6. The highest BCUT2D eigenvalue weighted by molar-refractivity contribution is 7.47. The Morgan fingerprint density at radius 3 is 0.752 bits per heavy atom. The SMILES string of the molecule is CCCCCCCCCCCCCCCCCCCC(=O)OC[C@H](COP(=O)(O)OC[C@@H](O)COP(=O)(O)OC[C@@H](COC(=O)CCCCCCCCCCCCC)OC(=O)CCCCCCCCCCC(C)CC)OC(=O)CCCCCCCCCCCCCCCCCCCCC(C)C. The number of hydrogen-bond donors (Lipinski definition) is 3. The molecule has 0 saturated heterocycles. The predicted octanol–water partition coefficient (Wildman–Crippen LogP) is 24.7. The van der Waals surface area contributed by atoms with Crippen LogP contribution in [0.3, 0.4) is 0 Å². The Labute approximate surface area is 619 Å². The second-order valence-electron chi connectivity index (χ2n) is 30.2. The van der Waals surface area contributed by atoms with Crippen LogP contribution in [-0.4, -0.2) is 96.7 Å². The first-order valence-electron chi connectivity index (χ1n) is 42.5. The summed E-state index contributed by atoms with van der Waals surface area (Å²) in [7, 11) is -9.92. The van der Waals surface area contributed by atoms with Gasteiger partial charge in [-0.25, -0.2) is 9.13 Å². The van der Waals surface area contributed by atoms with Crippen molar-refractivity contribution < 1.29 is 80.2 Å². The Hall–Kier alpha value is -1.94. The molecule has 0 fully saturated rings. The van der Waals surface area contributed by atoms with Gasteiger partial charge in [0, 0.05) is 25.7 Å². The van der Waals surface area contributed by atoms with E-state index >= 15 is 0 Å². The molecule has 0 aliphatic heterocycles. The molecule has 0 radical (unpaired) electrons. The summed E-state index contributed by atoms with van der Waals surface area (Å²) in [5.74, 6) is -0.518. The van der Waals surface area contributed by atoms with Crippen LogP contribution < -0.4 is 0 Å². The monoisotopic (exact) mass is 1480 g/mol. The van der Waals surface area contributed by atoms with Crippen molar-refractivity contribution >= 4 is 39.5 Å². The van der Waals surface area contributed by atoms with Gasteiger partial charge in [-0.3, -0.25) is 37.3 Å². The summed E-state index contributed by atoms with van der Waals surface area (Å²) >= 11 is 0. The number of rotatable bonds is 81. The summed E-state index contributed by atoms with van der Waals surface area (Å²) in [6, 6.07) is 0. The fraction of sp³-hybridized carbons (Fsp3) is 0.951. The van der Waals surface area contributed by atoms with Gasteiger partial charge in [0.05, 0.1) is 26.4 Å². The third-order valence-electron chi connectivity index (χ3n) is 19.6. The Bertz CT molecular complexity index is 1940. The van der Waals surface area contributed by atoms with Crippen molar-refractivity contribution in [1.29, 1.82) is 0 Å². The summed E-state index contributed by atoms with van der Waals surface area (Å²) in [5.41, 5.74) is 0. The van der Waals surface area contributed by atoms with Gasteiger partial charge >= 0.3 is 39.5 Å². The first-order chi connectivity index (χ1) is 48.9. The summed E-state index contributed by atoms with van der Waals surface area (Å²) in [6.45, 7) is 9.67. The quantitative estimate of drug-likeness (QED) is 0.0222. The molecule has 0 heterocycles. The van der Waals surface area contributed by atoms with Gasteiger partial charge in [-0.2, -0.15) is 0 Å². The van der Waals surface area contributed by atoms with Gasteiger partial charge in [-0.15, -0.1) is 0 Å². The smallest absolute Gasteiger partial charge is 0.462 e. The highest BCUT2D eigenvalue weighted by Crippen LogP contribution is 2.45. The van der Waals surface area contributed by atoms with Crippen LogP contribution in [-0.2, 0) is 65.4 Å². The molecule has 0 aromatic heterocycles. The largest absolute Gasteiger partial charge is 0.472 e. The molecule has 0 aromatic rings. The second kappa shape index (κ2) is 73.6. The lowest BCUT2D eigenvalue weighted by atomic mass is 9.99. The van der Waals surface area contributed by atoms with Crippen LogP contribution in [0, 0.1) is 11.8 Å². The number of aliphatic hydroxyl groups is 1. The Kier molecular flexibility index (Phi) is 72.2. The van der Waals surface area contributed by atoms with Gasteiger partial charge in [0.15, 0.2) is 12.2 Å². The molecule has 0 saturated carbocycles. The van der Waals surface area contributed by atoms with E-state index in [1.807, 2.05) is 0 Å². The number of ether oxygens (including phenoxy) is 4. The lowest BCUT2D eigenvalue weighted by Crippen LogP contribution is -2.30. The molecular formula is C82H160O17P2. The number of unbranched alkanes of at least 4 members (excludes halogenated alkanes) is 50. The molecule has 19 heteroatoms. The van der Waals surface area contributed by atoms with Crippen molar-refractivity contribution in [1.82, 2.24) is 0 Å². The number of carbonyl (C=O) groups excluding carboxylic acids is 4. The van der Waals surface area contributed by atoms with Crippen LogP contribution in [0.15, 0.2) is 0 Å².